The van der Waals surface area contributed by atoms with Crippen molar-refractivity contribution in [2.75, 3.05) is 5.88 Å². The van der Waals surface area contributed by atoms with Crippen LogP contribution in [0, 0.1) is 17.8 Å². The molecule has 0 spiro atoms. The van der Waals surface area contributed by atoms with Crippen LogP contribution in [0.4, 0.5) is 5.82 Å². The fourth-order valence-corrected chi connectivity index (χ4v) is 3.12. The number of aromatic nitrogens is 2. The van der Waals surface area contributed by atoms with Crippen molar-refractivity contribution in [2.45, 2.75) is 30.7 Å². The highest BCUT2D eigenvalue weighted by Gasteiger charge is 2.18. The first-order valence-electron chi connectivity index (χ1n) is 9.07. The maximum absolute atomic E-state index is 12.3. The smallest absolute Gasteiger partial charge is 0.310 e. The van der Waals surface area contributed by atoms with Crippen molar-refractivity contribution in [3.05, 3.63) is 47.3 Å². The van der Waals surface area contributed by atoms with Gasteiger partial charge in [0.2, 0.25) is 0 Å². The summed E-state index contributed by atoms with van der Waals surface area (Å²) >= 11 is 1.29. The minimum Gasteiger partial charge on any atom is -0.481 e. The number of amides is 1. The standard InChI is InChI=1S/C21H20N4O3S/c1-13(21(27)28)15-6-8-16(9-7-15)19(26)24-12-29-20-18(22-2)23-11-17(25-20)10-5-14-3-4-14/h6-9,11,13-14H,2-4,12H2,1H3,(H,24,26)(H,27,28). The number of aliphatic carboxylic acids is 1. The molecule has 1 atom stereocenters. The first-order valence-corrected chi connectivity index (χ1v) is 10.1. The zero-order chi connectivity index (χ0) is 20.8. The zero-order valence-electron chi connectivity index (χ0n) is 15.9. The lowest BCUT2D eigenvalue weighted by Gasteiger charge is -2.09. The van der Waals surface area contributed by atoms with Gasteiger partial charge in [0.05, 0.1) is 18.0 Å². The molecular formula is C21H20N4O3S. The van der Waals surface area contributed by atoms with Crippen LogP contribution in [0.2, 0.25) is 0 Å². The van der Waals surface area contributed by atoms with E-state index >= 15 is 0 Å². The van der Waals surface area contributed by atoms with E-state index in [1.54, 1.807) is 37.4 Å². The van der Waals surface area contributed by atoms with Crippen LogP contribution in [-0.4, -0.2) is 39.5 Å². The number of hydrogen-bond acceptors (Lipinski definition) is 6. The van der Waals surface area contributed by atoms with Gasteiger partial charge in [-0.25, -0.2) is 15.0 Å². The molecule has 2 N–H and O–H groups in total. The normalized spacial score (nSPS) is 13.7. The molecule has 0 aliphatic heterocycles. The third kappa shape index (κ3) is 5.65. The van der Waals surface area contributed by atoms with Gasteiger partial charge in [-0.15, -0.1) is 0 Å². The molecule has 8 heteroatoms. The van der Waals surface area contributed by atoms with E-state index in [0.717, 1.165) is 12.8 Å². The zero-order valence-corrected chi connectivity index (χ0v) is 16.7. The Labute approximate surface area is 173 Å². The van der Waals surface area contributed by atoms with Crippen molar-refractivity contribution in [1.82, 2.24) is 15.3 Å². The highest BCUT2D eigenvalue weighted by Crippen LogP contribution is 2.28. The summed E-state index contributed by atoms with van der Waals surface area (Å²) in [4.78, 5) is 35.9. The van der Waals surface area contributed by atoms with E-state index in [1.807, 2.05) is 0 Å². The Morgan fingerprint density at radius 3 is 2.72 bits per heavy atom. The number of hydrogen-bond donors (Lipinski definition) is 2. The van der Waals surface area contributed by atoms with Crippen LogP contribution in [-0.2, 0) is 4.79 Å². The topological polar surface area (TPSA) is 105 Å². The molecule has 1 fully saturated rings. The van der Waals surface area contributed by atoms with Crippen molar-refractivity contribution >= 4 is 36.2 Å². The molecule has 0 bridgehead atoms. The minimum absolute atomic E-state index is 0.266. The number of aliphatic imine (C=N–C) groups is 1. The van der Waals surface area contributed by atoms with Crippen molar-refractivity contribution in [2.24, 2.45) is 10.9 Å². The van der Waals surface area contributed by atoms with Gasteiger partial charge in [-0.2, -0.15) is 0 Å². The molecule has 1 aliphatic carbocycles. The maximum atomic E-state index is 12.3. The summed E-state index contributed by atoms with van der Waals surface area (Å²) in [6.07, 6.45) is 3.84. The molecule has 1 saturated carbocycles. The van der Waals surface area contributed by atoms with Crippen molar-refractivity contribution in [3.63, 3.8) is 0 Å². The van der Waals surface area contributed by atoms with E-state index < -0.39 is 11.9 Å². The molecule has 1 heterocycles. The summed E-state index contributed by atoms with van der Waals surface area (Å²) in [7, 11) is 0. The molecule has 1 aliphatic rings. The van der Waals surface area contributed by atoms with Crippen LogP contribution in [0.5, 0.6) is 0 Å². The lowest BCUT2D eigenvalue weighted by Crippen LogP contribution is -2.22. The number of carboxylic acids is 1. The Balaban J connectivity index is 1.59. The Morgan fingerprint density at radius 2 is 2.10 bits per heavy atom. The fraction of sp³-hybridized carbons (Fsp3) is 0.286. The van der Waals surface area contributed by atoms with Crippen LogP contribution < -0.4 is 5.32 Å². The summed E-state index contributed by atoms with van der Waals surface area (Å²) < 4.78 is 0. The number of carbonyl (C=O) groups excluding carboxylic acids is 1. The first kappa shape index (κ1) is 20.6. The lowest BCUT2D eigenvalue weighted by molar-refractivity contribution is -0.138. The van der Waals surface area contributed by atoms with Gasteiger partial charge in [0.15, 0.2) is 5.82 Å². The number of nitrogens with zero attached hydrogens (tertiary/aromatic N) is 3. The highest BCUT2D eigenvalue weighted by molar-refractivity contribution is 7.99. The summed E-state index contributed by atoms with van der Waals surface area (Å²) in [6.45, 7) is 5.10. The third-order valence-electron chi connectivity index (χ3n) is 4.34. The minimum atomic E-state index is -0.907. The number of rotatable bonds is 7. The molecule has 29 heavy (non-hydrogen) atoms. The summed E-state index contributed by atoms with van der Waals surface area (Å²) in [5.74, 6) is 5.49. The van der Waals surface area contributed by atoms with Gasteiger partial charge in [0.1, 0.15) is 10.7 Å². The van der Waals surface area contributed by atoms with Crippen molar-refractivity contribution in [3.8, 4) is 11.8 Å². The third-order valence-corrected chi connectivity index (χ3v) is 5.17. The molecule has 1 aromatic heterocycles. The van der Waals surface area contributed by atoms with Gasteiger partial charge >= 0.3 is 5.97 Å². The second-order valence-corrected chi connectivity index (χ2v) is 7.53. The van der Waals surface area contributed by atoms with Crippen LogP contribution in [0.3, 0.4) is 0 Å². The van der Waals surface area contributed by atoms with Gasteiger partial charge in [-0.3, -0.25) is 9.59 Å². The molecule has 1 amide bonds. The maximum Gasteiger partial charge on any atom is 0.310 e. The molecule has 0 saturated heterocycles. The number of nitrogens with one attached hydrogen (secondary N) is 1. The lowest BCUT2D eigenvalue weighted by atomic mass is 10.00. The molecule has 3 rings (SSSR count). The molecule has 2 aromatic rings. The quantitative estimate of drug-likeness (QED) is 0.315. The van der Waals surface area contributed by atoms with E-state index in [4.69, 9.17) is 5.11 Å². The summed E-state index contributed by atoms with van der Waals surface area (Å²) in [5.41, 5.74) is 1.66. The average Bonchev–Trinajstić information content (AvgIpc) is 3.56. The Hall–Kier alpha value is -3.18. The second kappa shape index (κ2) is 9.34. The number of thioether (sulfide) groups is 1. The number of benzene rings is 1. The van der Waals surface area contributed by atoms with Crippen LogP contribution >= 0.6 is 11.8 Å². The highest BCUT2D eigenvalue weighted by atomic mass is 32.2. The van der Waals surface area contributed by atoms with Crippen molar-refractivity contribution in [1.29, 1.82) is 0 Å². The fourth-order valence-electron chi connectivity index (χ4n) is 2.37. The van der Waals surface area contributed by atoms with E-state index in [0.29, 0.717) is 33.6 Å². The molecule has 1 unspecified atom stereocenters. The second-order valence-electron chi connectivity index (χ2n) is 6.56. The number of carbonyl (C=O) groups is 2. The first-order chi connectivity index (χ1) is 14.0. The molecule has 7 nitrogen and oxygen atoms in total. The van der Waals surface area contributed by atoms with E-state index in [2.05, 4.69) is 38.8 Å². The Morgan fingerprint density at radius 1 is 1.38 bits per heavy atom. The molecular weight excluding hydrogens is 388 g/mol. The SMILES string of the molecule is C=Nc1ncc(C#CC2CC2)nc1SCNC(=O)c1ccc(C(C)C(=O)O)cc1. The van der Waals surface area contributed by atoms with Crippen LogP contribution in [0.1, 0.15) is 47.3 Å². The predicted molar refractivity (Wildman–Crippen MR) is 112 cm³/mol. The van der Waals surface area contributed by atoms with Gasteiger partial charge in [0, 0.05) is 11.5 Å². The monoisotopic (exact) mass is 408 g/mol. The van der Waals surface area contributed by atoms with Crippen LogP contribution in [0.15, 0.2) is 40.5 Å². The Bertz CT molecular complexity index is 991. The van der Waals surface area contributed by atoms with E-state index in [-0.39, 0.29) is 11.8 Å². The largest absolute Gasteiger partial charge is 0.481 e. The van der Waals surface area contributed by atoms with Gasteiger partial charge in [-0.05, 0) is 50.1 Å². The van der Waals surface area contributed by atoms with Gasteiger partial charge in [0.25, 0.3) is 5.91 Å². The van der Waals surface area contributed by atoms with E-state index in [9.17, 15) is 9.59 Å². The number of carboxylic acid groups (broad SMARTS) is 1. The summed E-state index contributed by atoms with van der Waals surface area (Å²) in [6, 6.07) is 6.51. The van der Waals surface area contributed by atoms with Crippen molar-refractivity contribution < 1.29 is 14.7 Å². The van der Waals surface area contributed by atoms with E-state index in [1.165, 1.54) is 11.8 Å². The summed E-state index contributed by atoms with van der Waals surface area (Å²) in [5, 5.41) is 12.4. The van der Waals surface area contributed by atoms with Gasteiger partial charge in [-0.1, -0.05) is 29.8 Å². The van der Waals surface area contributed by atoms with Gasteiger partial charge < -0.3 is 10.4 Å². The predicted octanol–water partition coefficient (Wildman–Crippen LogP) is 3.24. The molecule has 0 radical (unpaired) electrons. The Kier molecular flexibility index (Phi) is 6.62. The average molecular weight is 408 g/mol. The molecule has 1 aromatic carbocycles. The molecule has 148 valence electrons. The van der Waals surface area contributed by atoms with Crippen LogP contribution in [0.25, 0.3) is 0 Å².